The highest BCUT2D eigenvalue weighted by molar-refractivity contribution is 5.68. The number of carbonyl (C=O) groups is 1. The van der Waals surface area contributed by atoms with Crippen molar-refractivity contribution >= 4 is 5.97 Å². The monoisotopic (exact) mass is 269 g/mol. The van der Waals surface area contributed by atoms with Gasteiger partial charge in [0.2, 0.25) is 0 Å². The Bertz CT molecular complexity index is 306. The van der Waals surface area contributed by atoms with Crippen molar-refractivity contribution in [2.75, 3.05) is 52.9 Å². The van der Waals surface area contributed by atoms with E-state index in [1.807, 2.05) is 0 Å². The molecule has 2 heterocycles. The number of hydrogen-bond acceptors (Lipinski definition) is 4. The molecular weight excluding hydrogens is 242 g/mol. The Kier molecular flexibility index (Phi) is 4.81. The lowest BCUT2D eigenvalue weighted by atomic mass is 9.82. The molecule has 5 nitrogen and oxygen atoms in total. The lowest BCUT2D eigenvalue weighted by Crippen LogP contribution is -2.61. The molecule has 0 amide bonds. The number of piperidine rings is 1. The minimum Gasteiger partial charge on any atom is -0.481 e. The molecule has 0 unspecified atom stereocenters. The standard InChI is InChI=1S/C14H27N3O2/c1-3-16-6-4-14(5-7-16,12-13(18)19)17-10-8-15(2)9-11-17/h3-12H2,1-2H3,(H,18,19). The maximum Gasteiger partial charge on any atom is 0.305 e. The van der Waals surface area contributed by atoms with E-state index in [0.29, 0.717) is 6.42 Å². The second-order valence-electron chi connectivity index (χ2n) is 6.02. The molecule has 0 bridgehead atoms. The van der Waals surface area contributed by atoms with E-state index >= 15 is 0 Å². The number of carboxylic acid groups (broad SMARTS) is 1. The van der Waals surface area contributed by atoms with Crippen LogP contribution in [0.3, 0.4) is 0 Å². The van der Waals surface area contributed by atoms with Crippen molar-refractivity contribution in [3.63, 3.8) is 0 Å². The van der Waals surface area contributed by atoms with E-state index in [2.05, 4.69) is 28.7 Å². The third-order valence-electron chi connectivity index (χ3n) is 4.89. The Morgan fingerprint density at radius 2 is 1.68 bits per heavy atom. The lowest BCUT2D eigenvalue weighted by molar-refractivity contribution is -0.142. The smallest absolute Gasteiger partial charge is 0.305 e. The zero-order chi connectivity index (χ0) is 13.9. The van der Waals surface area contributed by atoms with Crippen LogP contribution in [0.25, 0.3) is 0 Å². The van der Waals surface area contributed by atoms with Crippen molar-refractivity contribution in [2.24, 2.45) is 0 Å². The van der Waals surface area contributed by atoms with E-state index in [0.717, 1.165) is 58.7 Å². The molecule has 2 rings (SSSR count). The molecule has 0 atom stereocenters. The molecule has 0 radical (unpaired) electrons. The number of nitrogens with zero attached hydrogens (tertiary/aromatic N) is 3. The Morgan fingerprint density at radius 1 is 1.11 bits per heavy atom. The predicted molar refractivity (Wildman–Crippen MR) is 75.4 cm³/mol. The number of likely N-dealkylation sites (N-methyl/N-ethyl adjacent to an activating group) is 1. The van der Waals surface area contributed by atoms with Gasteiger partial charge in [-0.2, -0.15) is 0 Å². The van der Waals surface area contributed by atoms with Gasteiger partial charge in [-0.1, -0.05) is 6.92 Å². The minimum absolute atomic E-state index is 0.0984. The average molecular weight is 269 g/mol. The summed E-state index contributed by atoms with van der Waals surface area (Å²) in [5, 5.41) is 9.29. The molecule has 0 aromatic heterocycles. The summed E-state index contributed by atoms with van der Waals surface area (Å²) in [6.45, 7) is 9.46. The summed E-state index contributed by atoms with van der Waals surface area (Å²) in [4.78, 5) is 18.5. The van der Waals surface area contributed by atoms with Gasteiger partial charge in [0.15, 0.2) is 0 Å². The Labute approximate surface area is 116 Å². The van der Waals surface area contributed by atoms with Crippen LogP contribution in [0, 0.1) is 0 Å². The summed E-state index contributed by atoms with van der Waals surface area (Å²) >= 11 is 0. The van der Waals surface area contributed by atoms with Crippen molar-refractivity contribution in [1.82, 2.24) is 14.7 Å². The molecule has 0 spiro atoms. The number of hydrogen-bond donors (Lipinski definition) is 1. The van der Waals surface area contributed by atoms with E-state index in [1.54, 1.807) is 0 Å². The zero-order valence-electron chi connectivity index (χ0n) is 12.3. The third-order valence-corrected chi connectivity index (χ3v) is 4.89. The van der Waals surface area contributed by atoms with Crippen molar-refractivity contribution in [3.8, 4) is 0 Å². The van der Waals surface area contributed by atoms with E-state index < -0.39 is 5.97 Å². The molecule has 110 valence electrons. The summed E-state index contributed by atoms with van der Waals surface area (Å²) in [7, 11) is 2.14. The number of likely N-dealkylation sites (tertiary alicyclic amines) is 1. The molecule has 0 aromatic carbocycles. The van der Waals surface area contributed by atoms with Gasteiger partial charge in [0, 0.05) is 31.7 Å². The van der Waals surface area contributed by atoms with Crippen LogP contribution in [-0.4, -0.2) is 84.2 Å². The highest BCUT2D eigenvalue weighted by Gasteiger charge is 2.41. The first-order chi connectivity index (χ1) is 9.05. The van der Waals surface area contributed by atoms with Gasteiger partial charge in [-0.15, -0.1) is 0 Å². The molecule has 2 aliphatic rings. The summed E-state index contributed by atoms with van der Waals surface area (Å²) < 4.78 is 0. The molecule has 5 heteroatoms. The van der Waals surface area contributed by atoms with Crippen molar-refractivity contribution in [3.05, 3.63) is 0 Å². The predicted octanol–water partition coefficient (Wildman–Crippen LogP) is 0.563. The van der Waals surface area contributed by atoms with Gasteiger partial charge in [0.25, 0.3) is 0 Å². The maximum absolute atomic E-state index is 11.3. The van der Waals surface area contributed by atoms with Crippen molar-refractivity contribution < 1.29 is 9.90 Å². The van der Waals surface area contributed by atoms with Crippen molar-refractivity contribution in [1.29, 1.82) is 0 Å². The molecule has 0 aromatic rings. The Hall–Kier alpha value is -0.650. The van der Waals surface area contributed by atoms with Gasteiger partial charge in [0.1, 0.15) is 0 Å². The quantitative estimate of drug-likeness (QED) is 0.808. The number of aliphatic carboxylic acids is 1. The van der Waals surface area contributed by atoms with Crippen LogP contribution in [0.2, 0.25) is 0 Å². The summed E-state index contributed by atoms with van der Waals surface area (Å²) in [5.74, 6) is -0.649. The van der Waals surface area contributed by atoms with Crippen LogP contribution < -0.4 is 0 Å². The van der Waals surface area contributed by atoms with Crippen LogP contribution in [0.15, 0.2) is 0 Å². The first-order valence-corrected chi connectivity index (χ1v) is 7.43. The zero-order valence-corrected chi connectivity index (χ0v) is 12.3. The van der Waals surface area contributed by atoms with Gasteiger partial charge < -0.3 is 14.9 Å². The molecule has 2 saturated heterocycles. The molecule has 2 aliphatic heterocycles. The van der Waals surface area contributed by atoms with Gasteiger partial charge >= 0.3 is 5.97 Å². The van der Waals surface area contributed by atoms with Crippen LogP contribution in [0.4, 0.5) is 0 Å². The number of carboxylic acids is 1. The van der Waals surface area contributed by atoms with Crippen LogP contribution in [0.1, 0.15) is 26.2 Å². The molecule has 1 N–H and O–H groups in total. The van der Waals surface area contributed by atoms with Crippen molar-refractivity contribution in [2.45, 2.75) is 31.7 Å². The fourth-order valence-electron chi connectivity index (χ4n) is 3.45. The number of piperazine rings is 1. The van der Waals surface area contributed by atoms with Gasteiger partial charge in [-0.3, -0.25) is 9.69 Å². The average Bonchev–Trinajstić information content (AvgIpc) is 2.39. The third kappa shape index (κ3) is 3.46. The van der Waals surface area contributed by atoms with Crippen LogP contribution >= 0.6 is 0 Å². The van der Waals surface area contributed by atoms with Gasteiger partial charge in [-0.05, 0) is 39.5 Å². The van der Waals surface area contributed by atoms with E-state index in [-0.39, 0.29) is 5.54 Å². The first-order valence-electron chi connectivity index (χ1n) is 7.43. The largest absolute Gasteiger partial charge is 0.481 e. The summed E-state index contributed by atoms with van der Waals surface area (Å²) in [6, 6.07) is 0. The highest BCUT2D eigenvalue weighted by atomic mass is 16.4. The molecule has 0 aliphatic carbocycles. The second-order valence-corrected chi connectivity index (χ2v) is 6.02. The molecule has 19 heavy (non-hydrogen) atoms. The van der Waals surface area contributed by atoms with Crippen LogP contribution in [-0.2, 0) is 4.79 Å². The first kappa shape index (κ1) is 14.8. The maximum atomic E-state index is 11.3. The van der Waals surface area contributed by atoms with Crippen LogP contribution in [0.5, 0.6) is 0 Å². The normalized spacial score (nSPS) is 26.4. The fraction of sp³-hybridized carbons (Fsp3) is 0.929. The molecule has 0 saturated carbocycles. The van der Waals surface area contributed by atoms with E-state index in [4.69, 9.17) is 0 Å². The Balaban J connectivity index is 2.05. The van der Waals surface area contributed by atoms with E-state index in [1.165, 1.54) is 0 Å². The minimum atomic E-state index is -0.649. The van der Waals surface area contributed by atoms with Gasteiger partial charge in [0.05, 0.1) is 6.42 Å². The SMILES string of the molecule is CCN1CCC(CC(=O)O)(N2CCN(C)CC2)CC1. The molecular formula is C14H27N3O2. The summed E-state index contributed by atoms with van der Waals surface area (Å²) in [5.41, 5.74) is -0.0984. The number of rotatable bonds is 4. The topological polar surface area (TPSA) is 47.0 Å². The lowest BCUT2D eigenvalue weighted by Gasteiger charge is -2.50. The highest BCUT2D eigenvalue weighted by Crippen LogP contribution is 2.33. The fourth-order valence-corrected chi connectivity index (χ4v) is 3.45. The Morgan fingerprint density at radius 3 is 2.16 bits per heavy atom. The van der Waals surface area contributed by atoms with E-state index in [9.17, 15) is 9.90 Å². The summed E-state index contributed by atoms with van der Waals surface area (Å²) in [6.07, 6.45) is 2.29. The molecule has 2 fully saturated rings. The van der Waals surface area contributed by atoms with Gasteiger partial charge in [-0.25, -0.2) is 0 Å². The second kappa shape index (κ2) is 6.20.